The van der Waals surface area contributed by atoms with Gasteiger partial charge in [-0.05, 0) is 6.92 Å². The predicted molar refractivity (Wildman–Crippen MR) is 86.6 cm³/mol. The third-order valence-electron chi connectivity index (χ3n) is 3.24. The summed E-state index contributed by atoms with van der Waals surface area (Å²) in [5, 5.41) is 0. The predicted octanol–water partition coefficient (Wildman–Crippen LogP) is 5.38. The molecule has 120 valence electrons. The molecule has 0 bridgehead atoms. The second kappa shape index (κ2) is 15.9. The van der Waals surface area contributed by atoms with Crippen LogP contribution in [0.25, 0.3) is 0 Å². The topological polar surface area (TPSA) is 29.1 Å². The standard InChI is InChI=1S/C6H12O.C6H13.C5H12N.Hf/c1-5(7)6(2,3)4;1-3-5-6-4-2;1-2-3-4-5-6;/h1-4H3;1,3-6H2,2H3;6H,2-5H2,1H3;/q;;-1;+1. The number of Topliss-reactive ketones (excluding diaryl/α,β-unsaturated/α-hetero) is 1. The van der Waals surface area contributed by atoms with E-state index in [-0.39, 0.29) is 34.4 Å². The Morgan fingerprint density at radius 3 is 1.90 bits per heavy atom. The molecule has 0 unspecified atom stereocenters. The first kappa shape index (κ1) is 22.8. The van der Waals surface area contributed by atoms with Gasteiger partial charge < -0.3 is 0 Å². The maximum absolute atomic E-state index is 10.5. The second-order valence-corrected chi connectivity index (χ2v) is 10.8. The second-order valence-electron chi connectivity index (χ2n) is 6.43. The molecule has 0 aliphatic heterocycles. The summed E-state index contributed by atoms with van der Waals surface area (Å²) in [4.78, 5) is 10.5. The van der Waals surface area contributed by atoms with Crippen LogP contribution in [0.1, 0.15) is 86.5 Å². The van der Waals surface area contributed by atoms with E-state index in [9.17, 15) is 4.79 Å². The fourth-order valence-corrected chi connectivity index (χ4v) is 4.72. The molecule has 0 saturated heterocycles. The maximum atomic E-state index is 10.5. The van der Waals surface area contributed by atoms with Gasteiger partial charge in [-0.1, -0.05) is 20.8 Å². The van der Waals surface area contributed by atoms with E-state index >= 15 is 0 Å². The van der Waals surface area contributed by atoms with Crippen molar-refractivity contribution in [3.8, 4) is 0 Å². The monoisotopic (exact) mass is 451 g/mol. The van der Waals surface area contributed by atoms with Crippen molar-refractivity contribution in [3.05, 3.63) is 0 Å². The van der Waals surface area contributed by atoms with E-state index in [0.29, 0.717) is 0 Å². The first-order chi connectivity index (χ1) is 9.36. The van der Waals surface area contributed by atoms with E-state index in [4.69, 9.17) is 0 Å². The number of ketones is 1. The van der Waals surface area contributed by atoms with Crippen LogP contribution in [0.4, 0.5) is 0 Å². The van der Waals surface area contributed by atoms with Crippen molar-refractivity contribution >= 4 is 5.78 Å². The fraction of sp³-hybridized carbons (Fsp3) is 0.941. The van der Waals surface area contributed by atoms with Crippen LogP contribution in [0, 0.1) is 5.41 Å². The van der Waals surface area contributed by atoms with E-state index in [0.717, 1.165) is 0 Å². The van der Waals surface area contributed by atoms with Gasteiger partial charge in [0.15, 0.2) is 0 Å². The van der Waals surface area contributed by atoms with E-state index < -0.39 is 0 Å². The number of rotatable bonds is 10. The van der Waals surface area contributed by atoms with Crippen LogP contribution in [0.2, 0.25) is 4.18 Å². The number of hydrogen-bond donors (Lipinski definition) is 1. The molecule has 0 amide bonds. The van der Waals surface area contributed by atoms with E-state index in [1.165, 1.54) is 51.5 Å². The van der Waals surface area contributed by atoms with Gasteiger partial charge in [-0.3, -0.25) is 4.79 Å². The Kier molecular flexibility index (Phi) is 18.1. The minimum absolute atomic E-state index is 0.139. The molecule has 0 aromatic carbocycles. The van der Waals surface area contributed by atoms with Gasteiger partial charge in [0.1, 0.15) is 5.78 Å². The molecule has 0 saturated carbocycles. The van der Waals surface area contributed by atoms with E-state index in [1.54, 1.807) is 11.1 Å². The number of carbonyl (C=O) groups is 1. The van der Waals surface area contributed by atoms with Crippen molar-refractivity contribution in [1.82, 2.24) is 3.30 Å². The normalized spacial score (nSPS) is 10.7. The van der Waals surface area contributed by atoms with Crippen LogP contribution in [-0.2, 0) is 28.0 Å². The van der Waals surface area contributed by atoms with E-state index in [1.807, 2.05) is 20.8 Å². The van der Waals surface area contributed by atoms with Gasteiger partial charge in [0.2, 0.25) is 0 Å². The molecular formula is C17H37HfNO. The van der Waals surface area contributed by atoms with Gasteiger partial charge in [0, 0.05) is 5.41 Å². The zero-order valence-corrected chi connectivity index (χ0v) is 18.4. The number of carbonyl (C=O) groups excluding carboxylic acids is 1. The van der Waals surface area contributed by atoms with Gasteiger partial charge in [-0.2, -0.15) is 0 Å². The van der Waals surface area contributed by atoms with Crippen molar-refractivity contribution < 1.29 is 28.0 Å². The molecule has 3 heteroatoms. The first-order valence-electron chi connectivity index (χ1n) is 8.33. The zero-order valence-electron chi connectivity index (χ0n) is 14.8. The summed E-state index contributed by atoms with van der Waals surface area (Å²) in [6.45, 7) is 13.2. The van der Waals surface area contributed by atoms with Crippen LogP contribution in [0.5, 0.6) is 0 Å². The van der Waals surface area contributed by atoms with Gasteiger partial charge in [-0.25, -0.2) is 0 Å². The Bertz CT molecular complexity index is 202. The molecule has 0 atom stereocenters. The summed E-state index contributed by atoms with van der Waals surface area (Å²) in [5.41, 5.74) is -0.139. The molecule has 0 spiro atoms. The van der Waals surface area contributed by atoms with Gasteiger partial charge in [0.05, 0.1) is 0 Å². The molecule has 0 heterocycles. The zero-order chi connectivity index (χ0) is 15.9. The van der Waals surface area contributed by atoms with Crippen LogP contribution in [0.3, 0.4) is 0 Å². The average Bonchev–Trinajstić information content (AvgIpc) is 2.36. The summed E-state index contributed by atoms with van der Waals surface area (Å²) in [6, 6.07) is 0. The summed E-state index contributed by atoms with van der Waals surface area (Å²) in [7, 11) is 0. The Hall–Kier alpha value is 0.500. The molecule has 0 aromatic rings. The Labute approximate surface area is 139 Å². The quantitative estimate of drug-likeness (QED) is 0.358. The molecule has 0 aliphatic carbocycles. The van der Waals surface area contributed by atoms with Crippen molar-refractivity contribution in [1.29, 1.82) is 0 Å². The van der Waals surface area contributed by atoms with Crippen molar-refractivity contribution in [2.75, 3.05) is 6.54 Å². The molecule has 20 heavy (non-hydrogen) atoms. The molecule has 0 aromatic heterocycles. The Balaban J connectivity index is 0. The summed E-state index contributed by atoms with van der Waals surface area (Å²) in [5.74, 6) is 0.243. The third-order valence-corrected chi connectivity index (χ3v) is 7.21. The molecule has 2 nitrogen and oxygen atoms in total. The van der Waals surface area contributed by atoms with Gasteiger partial charge in [-0.15, -0.1) is 0 Å². The summed E-state index contributed by atoms with van der Waals surface area (Å²) < 4.78 is 5.25. The van der Waals surface area contributed by atoms with Crippen molar-refractivity contribution in [3.63, 3.8) is 0 Å². The molecule has 0 aliphatic rings. The molecule has 0 radical (unpaired) electrons. The SMILES string of the molecule is CC(=O)C(C)(C)C.CCCCC[CH2][Hf][NH]CCCCC. The molecular weight excluding hydrogens is 413 g/mol. The van der Waals surface area contributed by atoms with Gasteiger partial charge in [0.25, 0.3) is 0 Å². The fourth-order valence-electron chi connectivity index (χ4n) is 1.28. The molecule has 1 N–H and O–H groups in total. The Morgan fingerprint density at radius 1 is 0.950 bits per heavy atom. The van der Waals surface area contributed by atoms with Crippen LogP contribution in [0.15, 0.2) is 0 Å². The van der Waals surface area contributed by atoms with Crippen molar-refractivity contribution in [2.24, 2.45) is 5.41 Å². The van der Waals surface area contributed by atoms with Crippen LogP contribution >= 0.6 is 0 Å². The van der Waals surface area contributed by atoms with Crippen molar-refractivity contribution in [2.45, 2.75) is 90.7 Å². The summed E-state index contributed by atoms with van der Waals surface area (Å²) in [6.07, 6.45) is 9.95. The third kappa shape index (κ3) is 20.8. The van der Waals surface area contributed by atoms with Gasteiger partial charge >= 0.3 is 96.0 Å². The number of nitrogens with one attached hydrogen (secondary N) is 1. The molecule has 0 fully saturated rings. The number of hydrogen-bond acceptors (Lipinski definition) is 2. The first-order valence-corrected chi connectivity index (χ1v) is 12.7. The van der Waals surface area contributed by atoms with E-state index in [2.05, 4.69) is 17.2 Å². The van der Waals surface area contributed by atoms with Crippen LogP contribution < -0.4 is 3.30 Å². The average molecular weight is 450 g/mol. The minimum atomic E-state index is -0.344. The molecule has 0 rings (SSSR count). The Morgan fingerprint density at radius 2 is 1.45 bits per heavy atom. The van der Waals surface area contributed by atoms with Crippen LogP contribution in [-0.4, -0.2) is 12.3 Å². The summed E-state index contributed by atoms with van der Waals surface area (Å²) >= 11 is -0.344. The number of unbranched alkanes of at least 4 members (excludes halogenated alkanes) is 5.